The van der Waals surface area contributed by atoms with Crippen molar-refractivity contribution in [2.75, 3.05) is 13.6 Å². The van der Waals surface area contributed by atoms with Crippen LogP contribution in [0.3, 0.4) is 0 Å². The summed E-state index contributed by atoms with van der Waals surface area (Å²) in [7, 11) is 1.77. The fourth-order valence-electron chi connectivity index (χ4n) is 2.87. The molecule has 4 atom stereocenters. The highest BCUT2D eigenvalue weighted by molar-refractivity contribution is 5.81. The summed E-state index contributed by atoms with van der Waals surface area (Å²) in [5.74, 6) is 1.43. The zero-order chi connectivity index (χ0) is 14.4. The van der Waals surface area contributed by atoms with Crippen molar-refractivity contribution in [3.8, 4) is 6.07 Å². The Hall–Kier alpha value is -1.08. The Balaban J connectivity index is 2.47. The second-order valence-electron chi connectivity index (χ2n) is 5.93. The van der Waals surface area contributed by atoms with Crippen molar-refractivity contribution in [1.82, 2.24) is 10.2 Å². The lowest BCUT2D eigenvalue weighted by Crippen LogP contribution is -2.51. The largest absolute Gasteiger partial charge is 0.343 e. The number of hydrogen-bond acceptors (Lipinski definition) is 3. The molecule has 0 radical (unpaired) electrons. The molecule has 1 saturated carbocycles. The quantitative estimate of drug-likeness (QED) is 0.828. The molecule has 0 aliphatic heterocycles. The summed E-state index contributed by atoms with van der Waals surface area (Å²) in [6, 6.07) is 2.34. The van der Waals surface area contributed by atoms with E-state index in [9.17, 15) is 4.79 Å². The number of carbonyl (C=O) groups is 1. The van der Waals surface area contributed by atoms with Crippen LogP contribution >= 0.6 is 0 Å². The van der Waals surface area contributed by atoms with E-state index in [2.05, 4.69) is 25.2 Å². The molecule has 0 aromatic rings. The van der Waals surface area contributed by atoms with Crippen molar-refractivity contribution in [2.24, 2.45) is 11.8 Å². The van der Waals surface area contributed by atoms with Crippen LogP contribution in [0.1, 0.15) is 46.5 Å². The van der Waals surface area contributed by atoms with Gasteiger partial charge in [0.05, 0.1) is 18.5 Å². The van der Waals surface area contributed by atoms with Crippen LogP contribution < -0.4 is 5.32 Å². The van der Waals surface area contributed by atoms with E-state index in [0.717, 1.165) is 12.3 Å². The molecule has 1 N–H and O–H groups in total. The number of likely N-dealkylation sites (N-methyl/N-ethyl adjacent to an activating group) is 1. The summed E-state index contributed by atoms with van der Waals surface area (Å²) in [6.07, 6.45) is 4.09. The van der Waals surface area contributed by atoms with Crippen molar-refractivity contribution in [3.63, 3.8) is 0 Å². The number of amides is 1. The van der Waals surface area contributed by atoms with E-state index in [0.29, 0.717) is 24.9 Å². The number of nitrogens with one attached hydrogen (secondary N) is 1. The zero-order valence-electron chi connectivity index (χ0n) is 12.6. The fraction of sp³-hybridized carbons (Fsp3) is 0.867. The molecule has 19 heavy (non-hydrogen) atoms. The van der Waals surface area contributed by atoms with Gasteiger partial charge in [-0.2, -0.15) is 5.26 Å². The van der Waals surface area contributed by atoms with E-state index in [1.54, 1.807) is 11.9 Å². The number of nitriles is 1. The second kappa shape index (κ2) is 7.49. The minimum Gasteiger partial charge on any atom is -0.343 e. The summed E-state index contributed by atoms with van der Waals surface area (Å²) in [5.41, 5.74) is 0. The number of carbonyl (C=O) groups excluding carboxylic acids is 1. The summed E-state index contributed by atoms with van der Waals surface area (Å²) in [6.45, 7) is 7.01. The van der Waals surface area contributed by atoms with Gasteiger partial charge in [-0.1, -0.05) is 26.7 Å². The second-order valence-corrected chi connectivity index (χ2v) is 5.93. The third-order valence-corrected chi connectivity index (χ3v) is 4.48. The lowest BCUT2D eigenvalue weighted by atomic mass is 9.78. The Labute approximate surface area is 117 Å². The lowest BCUT2D eigenvalue weighted by molar-refractivity contribution is -0.132. The molecular formula is C15H27N3O. The molecule has 1 rings (SSSR count). The molecule has 0 heterocycles. The van der Waals surface area contributed by atoms with Crippen LogP contribution in [-0.2, 0) is 4.79 Å². The molecule has 0 saturated heterocycles. The zero-order valence-corrected chi connectivity index (χ0v) is 12.6. The summed E-state index contributed by atoms with van der Waals surface area (Å²) < 4.78 is 0. The summed E-state index contributed by atoms with van der Waals surface area (Å²) >= 11 is 0. The molecule has 0 spiro atoms. The van der Waals surface area contributed by atoms with Gasteiger partial charge in [0.2, 0.25) is 5.91 Å². The first kappa shape index (κ1) is 16.0. The van der Waals surface area contributed by atoms with Crippen molar-refractivity contribution in [3.05, 3.63) is 0 Å². The Morgan fingerprint density at radius 2 is 2.16 bits per heavy atom. The molecule has 1 fully saturated rings. The average Bonchev–Trinajstić information content (AvgIpc) is 2.40. The predicted octanol–water partition coefficient (Wildman–Crippen LogP) is 2.16. The first-order chi connectivity index (χ1) is 8.97. The maximum Gasteiger partial charge on any atom is 0.239 e. The molecule has 0 aromatic carbocycles. The Kier molecular flexibility index (Phi) is 6.30. The summed E-state index contributed by atoms with van der Waals surface area (Å²) in [4.78, 5) is 13.8. The Bertz CT molecular complexity index is 337. The predicted molar refractivity (Wildman–Crippen MR) is 76.4 cm³/mol. The standard InChI is InChI=1S/C15H27N3O/c1-11-7-5-8-14(12(11)2)17-13(3)15(19)18(4)10-6-9-16/h11-14,17H,5-8,10H2,1-4H3. The van der Waals surface area contributed by atoms with Gasteiger partial charge >= 0.3 is 0 Å². The monoisotopic (exact) mass is 265 g/mol. The first-order valence-electron chi connectivity index (χ1n) is 7.35. The minimum atomic E-state index is -0.165. The molecule has 0 aromatic heterocycles. The topological polar surface area (TPSA) is 56.1 Å². The molecule has 1 aliphatic rings. The van der Waals surface area contributed by atoms with E-state index in [1.807, 2.05) is 6.92 Å². The van der Waals surface area contributed by atoms with Gasteiger partial charge in [-0.3, -0.25) is 4.79 Å². The third-order valence-electron chi connectivity index (χ3n) is 4.48. The van der Waals surface area contributed by atoms with Crippen LogP contribution in [0.2, 0.25) is 0 Å². The SMILES string of the molecule is CC(NC1CCCC(C)C1C)C(=O)N(C)CCC#N. The van der Waals surface area contributed by atoms with Gasteiger partial charge in [0.15, 0.2) is 0 Å². The maximum atomic E-state index is 12.2. The van der Waals surface area contributed by atoms with Gasteiger partial charge in [0.1, 0.15) is 0 Å². The summed E-state index contributed by atoms with van der Waals surface area (Å²) in [5, 5.41) is 12.0. The van der Waals surface area contributed by atoms with Gasteiger partial charge < -0.3 is 10.2 Å². The van der Waals surface area contributed by atoms with E-state index in [4.69, 9.17) is 5.26 Å². The third kappa shape index (κ3) is 4.50. The van der Waals surface area contributed by atoms with Gasteiger partial charge in [0.25, 0.3) is 0 Å². The van der Waals surface area contributed by atoms with Crippen molar-refractivity contribution < 1.29 is 4.79 Å². The van der Waals surface area contributed by atoms with E-state index >= 15 is 0 Å². The van der Waals surface area contributed by atoms with Gasteiger partial charge in [-0.15, -0.1) is 0 Å². The molecule has 108 valence electrons. The Morgan fingerprint density at radius 1 is 1.47 bits per heavy atom. The van der Waals surface area contributed by atoms with E-state index in [-0.39, 0.29) is 11.9 Å². The molecule has 4 heteroatoms. The van der Waals surface area contributed by atoms with Crippen molar-refractivity contribution in [1.29, 1.82) is 5.26 Å². The van der Waals surface area contributed by atoms with Crippen LogP contribution in [-0.4, -0.2) is 36.5 Å². The van der Waals surface area contributed by atoms with Crippen LogP contribution in [0.15, 0.2) is 0 Å². The minimum absolute atomic E-state index is 0.0840. The molecule has 4 unspecified atom stereocenters. The fourth-order valence-corrected chi connectivity index (χ4v) is 2.87. The Morgan fingerprint density at radius 3 is 2.79 bits per heavy atom. The van der Waals surface area contributed by atoms with Crippen molar-refractivity contribution in [2.45, 2.75) is 58.5 Å². The van der Waals surface area contributed by atoms with E-state index in [1.165, 1.54) is 12.8 Å². The van der Waals surface area contributed by atoms with Gasteiger partial charge in [0, 0.05) is 19.6 Å². The molecule has 1 aliphatic carbocycles. The average molecular weight is 265 g/mol. The lowest BCUT2D eigenvalue weighted by Gasteiger charge is -2.36. The van der Waals surface area contributed by atoms with Gasteiger partial charge in [-0.25, -0.2) is 0 Å². The number of nitrogens with zero attached hydrogens (tertiary/aromatic N) is 2. The van der Waals surface area contributed by atoms with E-state index < -0.39 is 0 Å². The highest BCUT2D eigenvalue weighted by Crippen LogP contribution is 2.29. The number of hydrogen-bond donors (Lipinski definition) is 1. The molecular weight excluding hydrogens is 238 g/mol. The van der Waals surface area contributed by atoms with Crippen molar-refractivity contribution >= 4 is 5.91 Å². The molecule has 4 nitrogen and oxygen atoms in total. The van der Waals surface area contributed by atoms with Gasteiger partial charge in [-0.05, 0) is 25.2 Å². The normalized spacial score (nSPS) is 28.5. The maximum absolute atomic E-state index is 12.2. The van der Waals surface area contributed by atoms with Crippen LogP contribution in [0.5, 0.6) is 0 Å². The molecule has 1 amide bonds. The first-order valence-corrected chi connectivity index (χ1v) is 7.35. The highest BCUT2D eigenvalue weighted by atomic mass is 16.2. The smallest absolute Gasteiger partial charge is 0.239 e. The number of rotatable bonds is 5. The highest BCUT2D eigenvalue weighted by Gasteiger charge is 2.29. The molecule has 0 bridgehead atoms. The van der Waals surface area contributed by atoms with Crippen LogP contribution in [0, 0.1) is 23.2 Å². The van der Waals surface area contributed by atoms with Crippen LogP contribution in [0.25, 0.3) is 0 Å². The van der Waals surface area contributed by atoms with Crippen LogP contribution in [0.4, 0.5) is 0 Å².